The van der Waals surface area contributed by atoms with Crippen molar-refractivity contribution in [2.75, 3.05) is 10.2 Å². The van der Waals surface area contributed by atoms with Gasteiger partial charge in [0.15, 0.2) is 5.82 Å². The lowest BCUT2D eigenvalue weighted by atomic mass is 10.0. The topological polar surface area (TPSA) is 79.4 Å². The van der Waals surface area contributed by atoms with Gasteiger partial charge >= 0.3 is 0 Å². The van der Waals surface area contributed by atoms with Gasteiger partial charge in [-0.25, -0.2) is 9.97 Å². The number of fused-ring (bicyclic) bond motifs is 1. The molecule has 0 radical (unpaired) electrons. The summed E-state index contributed by atoms with van der Waals surface area (Å²) in [4.78, 5) is 16.0. The molecule has 0 amide bonds. The van der Waals surface area contributed by atoms with E-state index in [-0.39, 0.29) is 0 Å². The van der Waals surface area contributed by atoms with Gasteiger partial charge in [0.05, 0.1) is 5.52 Å². The van der Waals surface area contributed by atoms with Crippen LogP contribution in [-0.2, 0) is 0 Å². The first kappa shape index (κ1) is 18.8. The predicted molar refractivity (Wildman–Crippen MR) is 121 cm³/mol. The van der Waals surface area contributed by atoms with Gasteiger partial charge in [0.2, 0.25) is 5.95 Å². The van der Waals surface area contributed by atoms with Crippen LogP contribution >= 0.6 is 22.6 Å². The van der Waals surface area contributed by atoms with Crippen LogP contribution in [-0.4, -0.2) is 30.1 Å². The van der Waals surface area contributed by atoms with Crippen molar-refractivity contribution in [3.05, 3.63) is 59.9 Å². The van der Waals surface area contributed by atoms with E-state index in [0.29, 0.717) is 11.9 Å². The van der Waals surface area contributed by atoms with Crippen molar-refractivity contribution in [1.82, 2.24) is 25.1 Å². The van der Waals surface area contributed by atoms with Crippen molar-refractivity contribution in [2.45, 2.75) is 25.7 Å². The quantitative estimate of drug-likeness (QED) is 0.300. The highest BCUT2D eigenvalue weighted by Gasteiger charge is 2.27. The fraction of sp³-hybridized carbons (Fsp3) is 0.238. The highest BCUT2D eigenvalue weighted by molar-refractivity contribution is 14.1. The summed E-state index contributed by atoms with van der Waals surface area (Å²) in [5.41, 5.74) is 3.34. The summed E-state index contributed by atoms with van der Waals surface area (Å²) in [6.07, 6.45) is 2.48. The number of rotatable bonds is 4. The van der Waals surface area contributed by atoms with Gasteiger partial charge in [-0.2, -0.15) is 4.98 Å². The molecule has 0 bridgehead atoms. The number of hydrogen-bond acceptors (Lipinski definition) is 5. The summed E-state index contributed by atoms with van der Waals surface area (Å²) in [6.45, 7) is 1.87. The van der Waals surface area contributed by atoms with Crippen LogP contribution in [0.1, 0.15) is 30.1 Å². The minimum Gasteiger partial charge on any atom is -0.307 e. The van der Waals surface area contributed by atoms with Crippen molar-refractivity contribution in [3.63, 3.8) is 0 Å². The largest absolute Gasteiger partial charge is 0.307 e. The fourth-order valence-corrected chi connectivity index (χ4v) is 3.25. The molecule has 0 spiro atoms. The van der Waals surface area contributed by atoms with E-state index in [9.17, 15) is 0 Å². The summed E-state index contributed by atoms with van der Waals surface area (Å²) in [5, 5.41) is 11.2. The van der Waals surface area contributed by atoms with Crippen LogP contribution in [0.25, 0.3) is 22.3 Å². The van der Waals surface area contributed by atoms with E-state index in [1.54, 1.807) is 0 Å². The highest BCUT2D eigenvalue weighted by Crippen LogP contribution is 2.44. The van der Waals surface area contributed by atoms with Crippen molar-refractivity contribution >= 4 is 45.3 Å². The number of nitrogens with zero attached hydrogens (tertiary/aromatic N) is 4. The molecule has 1 aliphatic rings. The summed E-state index contributed by atoms with van der Waals surface area (Å²) < 4.78 is 0. The van der Waals surface area contributed by atoms with Crippen molar-refractivity contribution in [1.29, 1.82) is 0 Å². The molecule has 0 unspecified atom stereocenters. The number of aromatic nitrogens is 5. The van der Waals surface area contributed by atoms with E-state index >= 15 is 0 Å². The molecule has 1 fully saturated rings. The third kappa shape index (κ3) is 3.84. The van der Waals surface area contributed by atoms with Gasteiger partial charge in [0, 0.05) is 10.9 Å². The van der Waals surface area contributed by atoms with Crippen molar-refractivity contribution in [3.8, 4) is 11.4 Å². The van der Waals surface area contributed by atoms with Crippen LogP contribution in [0.2, 0.25) is 0 Å². The molecule has 142 valence electrons. The first-order valence-corrected chi connectivity index (χ1v) is 11.3. The molecular formula is C21H21IN6. The Morgan fingerprint density at radius 1 is 0.964 bits per heavy atom. The Morgan fingerprint density at radius 3 is 2.46 bits per heavy atom. The lowest BCUT2D eigenvalue weighted by Crippen LogP contribution is -2.01. The second-order valence-corrected chi connectivity index (χ2v) is 6.64. The Morgan fingerprint density at radius 2 is 1.71 bits per heavy atom. The Hall–Kier alpha value is -2.55. The van der Waals surface area contributed by atoms with Crippen molar-refractivity contribution in [2.24, 2.45) is 0 Å². The van der Waals surface area contributed by atoms with Crippen molar-refractivity contribution < 1.29 is 0 Å². The smallest absolute Gasteiger partial charge is 0.247 e. The lowest BCUT2D eigenvalue weighted by molar-refractivity contribution is 1.04. The van der Waals surface area contributed by atoms with E-state index in [1.165, 1.54) is 18.4 Å². The number of anilines is 2. The SMILES string of the molecule is CI.Cc1nc(Nc2nc(-c3ccccc3C3CC3)nc3ccccc23)n[nH]1. The second-order valence-electron chi connectivity index (χ2n) is 6.64. The Bertz CT molecular complexity index is 1100. The lowest BCUT2D eigenvalue weighted by Gasteiger charge is -2.11. The second kappa shape index (κ2) is 8.22. The minimum absolute atomic E-state index is 0.507. The third-order valence-electron chi connectivity index (χ3n) is 4.65. The molecule has 5 rings (SSSR count). The summed E-state index contributed by atoms with van der Waals surface area (Å²) in [6, 6.07) is 16.4. The Labute approximate surface area is 177 Å². The Kier molecular flexibility index (Phi) is 5.52. The van der Waals surface area contributed by atoms with Crippen LogP contribution in [0.3, 0.4) is 0 Å². The van der Waals surface area contributed by atoms with Gasteiger partial charge in [-0.05, 0) is 48.3 Å². The number of aryl methyl sites for hydroxylation is 1. The van der Waals surface area contributed by atoms with E-state index < -0.39 is 0 Å². The minimum atomic E-state index is 0.507. The number of para-hydroxylation sites is 1. The molecular weight excluding hydrogens is 463 g/mol. The van der Waals surface area contributed by atoms with E-state index in [2.05, 4.69) is 61.3 Å². The number of nitrogens with one attached hydrogen (secondary N) is 2. The molecule has 2 N–H and O–H groups in total. The fourth-order valence-electron chi connectivity index (χ4n) is 3.25. The number of halogens is 1. The normalized spacial score (nSPS) is 13.1. The number of alkyl halides is 1. The van der Waals surface area contributed by atoms with Gasteiger partial charge in [-0.3, -0.25) is 5.10 Å². The van der Waals surface area contributed by atoms with Gasteiger partial charge in [0.25, 0.3) is 0 Å². The molecule has 2 aromatic heterocycles. The van der Waals surface area contributed by atoms with E-state index in [4.69, 9.17) is 9.97 Å². The van der Waals surface area contributed by atoms with Gasteiger partial charge in [-0.1, -0.05) is 59.0 Å². The zero-order valence-electron chi connectivity index (χ0n) is 15.8. The maximum absolute atomic E-state index is 4.83. The highest BCUT2D eigenvalue weighted by atomic mass is 127. The van der Waals surface area contributed by atoms with Crippen LogP contribution in [0.5, 0.6) is 0 Å². The summed E-state index contributed by atoms with van der Waals surface area (Å²) in [5.74, 6) is 3.35. The molecule has 2 heterocycles. The summed E-state index contributed by atoms with van der Waals surface area (Å²) in [7, 11) is 0. The van der Waals surface area contributed by atoms with Crippen LogP contribution < -0.4 is 5.32 Å². The van der Waals surface area contributed by atoms with E-state index in [0.717, 1.165) is 33.9 Å². The monoisotopic (exact) mass is 484 g/mol. The zero-order chi connectivity index (χ0) is 19.5. The number of aromatic amines is 1. The standard InChI is InChI=1S/C20H18N6.CH3I/c1-12-21-20(26-25-12)24-19-16-8-4-5-9-17(16)22-18(23-19)15-7-3-2-6-14(15)13-10-11-13;1-2/h2-9,13H,10-11H2,1H3,(H2,21,22,23,24,25,26);1H3. The number of hydrogen-bond donors (Lipinski definition) is 2. The molecule has 0 atom stereocenters. The predicted octanol–water partition coefficient (Wildman–Crippen LogP) is 5.40. The molecule has 7 heteroatoms. The third-order valence-corrected chi connectivity index (χ3v) is 4.65. The average Bonchev–Trinajstić information content (AvgIpc) is 3.51. The van der Waals surface area contributed by atoms with Gasteiger partial charge < -0.3 is 5.32 Å². The number of H-pyrrole nitrogens is 1. The number of benzene rings is 2. The molecule has 1 saturated carbocycles. The molecule has 6 nitrogen and oxygen atoms in total. The average molecular weight is 484 g/mol. The van der Waals surface area contributed by atoms with E-state index in [1.807, 2.05) is 42.2 Å². The van der Waals surface area contributed by atoms with Crippen LogP contribution in [0.4, 0.5) is 11.8 Å². The van der Waals surface area contributed by atoms with Gasteiger partial charge in [0.1, 0.15) is 11.6 Å². The van der Waals surface area contributed by atoms with Crippen LogP contribution in [0.15, 0.2) is 48.5 Å². The first-order valence-electron chi connectivity index (χ1n) is 9.18. The van der Waals surface area contributed by atoms with Crippen LogP contribution in [0, 0.1) is 6.92 Å². The molecule has 4 aromatic rings. The molecule has 2 aromatic carbocycles. The molecule has 28 heavy (non-hydrogen) atoms. The maximum Gasteiger partial charge on any atom is 0.247 e. The molecule has 0 aliphatic heterocycles. The first-order chi connectivity index (χ1) is 13.8. The molecule has 1 aliphatic carbocycles. The van der Waals surface area contributed by atoms with Gasteiger partial charge in [-0.15, -0.1) is 5.10 Å². The zero-order valence-corrected chi connectivity index (χ0v) is 17.9. The maximum atomic E-state index is 4.83. The Balaban J connectivity index is 0.000000932. The molecule has 0 saturated heterocycles. The summed E-state index contributed by atoms with van der Waals surface area (Å²) >= 11 is 2.15.